The number of ether oxygens (including phenoxy) is 3. The Labute approximate surface area is 227 Å². The Morgan fingerprint density at radius 3 is 2.27 bits per heavy atom. The van der Waals surface area contributed by atoms with E-state index in [1.807, 2.05) is 0 Å². The molecule has 0 radical (unpaired) electrons. The van der Waals surface area contributed by atoms with E-state index in [4.69, 9.17) is 13.9 Å². The molecule has 2 aromatic carbocycles. The summed E-state index contributed by atoms with van der Waals surface area (Å²) < 4.78 is 21.4. The number of methoxy groups -OCH3 is 1. The van der Waals surface area contributed by atoms with E-state index in [0.29, 0.717) is 5.56 Å². The van der Waals surface area contributed by atoms with Crippen LogP contribution in [0.2, 0.25) is 0 Å². The quantitative estimate of drug-likeness (QED) is 0.172. The summed E-state index contributed by atoms with van der Waals surface area (Å²) in [6.07, 6.45) is -9.50. The molecule has 1 amide bonds. The molecule has 214 valence electrons. The molecule has 0 saturated carbocycles. The van der Waals surface area contributed by atoms with E-state index in [1.165, 1.54) is 0 Å². The number of rotatable bonds is 7. The summed E-state index contributed by atoms with van der Waals surface area (Å²) in [4.78, 5) is 37.7. The topological polar surface area (TPSA) is 205 Å². The maximum Gasteiger partial charge on any atom is 0.328 e. The van der Waals surface area contributed by atoms with Crippen molar-refractivity contribution in [2.24, 2.45) is 5.92 Å². The molecular weight excluding hydrogens is 530 g/mol. The third-order valence-corrected chi connectivity index (χ3v) is 6.48. The van der Waals surface area contributed by atoms with Gasteiger partial charge < -0.3 is 49.5 Å². The Hall–Kier alpha value is -4.17. The Bertz CT molecular complexity index is 1450. The van der Waals surface area contributed by atoms with Gasteiger partial charge in [-0.15, -0.1) is 0 Å². The third-order valence-electron chi connectivity index (χ3n) is 6.48. The Kier molecular flexibility index (Phi) is 8.30. The lowest BCUT2D eigenvalue weighted by Crippen LogP contribution is -2.64. The van der Waals surface area contributed by atoms with Gasteiger partial charge in [-0.2, -0.15) is 0 Å². The standard InChI is InChI=1S/C27H29NO12/c1-11(2)18(26(36)37-3)28-25(35)24-22(33)21(32)23(34)27(40-24)39-16-10-15-17(20(31)19(16)30)13(29)9-14(38-15)12-7-5-4-6-8-12/h4-11,18,21-24,27,30-34H,1-3H3,(H,28,35)/t18-,21+,22-,23+,24+,27+/m0/s1. The summed E-state index contributed by atoms with van der Waals surface area (Å²) in [6.45, 7) is 3.28. The minimum absolute atomic E-state index is 0.156. The first-order chi connectivity index (χ1) is 18.9. The van der Waals surface area contributed by atoms with E-state index < -0.39 is 77.2 Å². The van der Waals surface area contributed by atoms with E-state index in [2.05, 4.69) is 10.1 Å². The van der Waals surface area contributed by atoms with Crippen molar-refractivity contribution >= 4 is 22.8 Å². The lowest BCUT2D eigenvalue weighted by atomic mass is 9.97. The van der Waals surface area contributed by atoms with Crippen LogP contribution in [-0.4, -0.2) is 81.3 Å². The van der Waals surface area contributed by atoms with E-state index in [0.717, 1.165) is 19.2 Å². The first-order valence-electron chi connectivity index (χ1n) is 12.3. The van der Waals surface area contributed by atoms with Gasteiger partial charge in [-0.3, -0.25) is 9.59 Å². The van der Waals surface area contributed by atoms with Crippen molar-refractivity contribution in [3.8, 4) is 28.6 Å². The smallest absolute Gasteiger partial charge is 0.328 e. The highest BCUT2D eigenvalue weighted by Crippen LogP contribution is 2.42. The summed E-state index contributed by atoms with van der Waals surface area (Å²) >= 11 is 0. The molecule has 13 nitrogen and oxygen atoms in total. The van der Waals surface area contributed by atoms with E-state index in [1.54, 1.807) is 44.2 Å². The predicted octanol–water partition coefficient (Wildman–Crippen LogP) is 0.371. The number of phenolic OH excluding ortho intramolecular Hbond substituents is 2. The fourth-order valence-corrected chi connectivity index (χ4v) is 4.25. The number of amides is 1. The number of fused-ring (bicyclic) bond motifs is 1. The van der Waals surface area contributed by atoms with Gasteiger partial charge in [0.15, 0.2) is 23.0 Å². The number of benzene rings is 2. The minimum Gasteiger partial charge on any atom is -0.504 e. The highest BCUT2D eigenvalue weighted by molar-refractivity contribution is 5.89. The molecule has 6 N–H and O–H groups in total. The molecule has 13 heteroatoms. The number of carbonyl (C=O) groups is 2. The highest BCUT2D eigenvalue weighted by atomic mass is 16.7. The van der Waals surface area contributed by atoms with E-state index >= 15 is 0 Å². The van der Waals surface area contributed by atoms with Crippen molar-refractivity contribution in [1.29, 1.82) is 0 Å². The highest BCUT2D eigenvalue weighted by Gasteiger charge is 2.49. The van der Waals surface area contributed by atoms with Crippen LogP contribution in [0.15, 0.2) is 51.7 Å². The van der Waals surface area contributed by atoms with Gasteiger partial charge in [-0.25, -0.2) is 4.79 Å². The van der Waals surface area contributed by atoms with Crippen LogP contribution in [-0.2, 0) is 19.1 Å². The van der Waals surface area contributed by atoms with Crippen LogP contribution in [0, 0.1) is 5.92 Å². The molecule has 3 aromatic rings. The van der Waals surface area contributed by atoms with Crippen molar-refractivity contribution in [3.05, 3.63) is 52.7 Å². The number of carbonyl (C=O) groups excluding carboxylic acids is 2. The summed E-state index contributed by atoms with van der Waals surface area (Å²) in [6, 6.07) is 9.70. The molecule has 1 saturated heterocycles. The van der Waals surface area contributed by atoms with Gasteiger partial charge in [0.05, 0.1) is 7.11 Å². The molecule has 1 aliphatic heterocycles. The number of aliphatic hydroxyl groups excluding tert-OH is 3. The van der Waals surface area contributed by atoms with Crippen molar-refractivity contribution in [2.45, 2.75) is 50.6 Å². The first-order valence-corrected chi connectivity index (χ1v) is 12.3. The summed E-state index contributed by atoms with van der Waals surface area (Å²) in [5.41, 5.74) is -0.288. The molecule has 1 aliphatic rings. The molecule has 2 heterocycles. The number of aromatic hydroxyl groups is 2. The number of aliphatic hydroxyl groups is 3. The number of hydrogen-bond acceptors (Lipinski definition) is 12. The van der Waals surface area contributed by atoms with Crippen molar-refractivity contribution in [2.75, 3.05) is 7.11 Å². The molecule has 1 aromatic heterocycles. The van der Waals surface area contributed by atoms with Crippen LogP contribution in [0.1, 0.15) is 13.8 Å². The van der Waals surface area contributed by atoms with Crippen LogP contribution in [0.3, 0.4) is 0 Å². The second kappa shape index (κ2) is 11.5. The van der Waals surface area contributed by atoms with E-state index in [9.17, 15) is 39.9 Å². The monoisotopic (exact) mass is 559 g/mol. The average molecular weight is 560 g/mol. The molecule has 0 aliphatic carbocycles. The summed E-state index contributed by atoms with van der Waals surface area (Å²) in [5, 5.41) is 54.4. The molecule has 4 rings (SSSR count). The summed E-state index contributed by atoms with van der Waals surface area (Å²) in [7, 11) is 1.14. The number of phenols is 2. The molecule has 6 atom stereocenters. The first kappa shape index (κ1) is 28.8. The largest absolute Gasteiger partial charge is 0.504 e. The van der Waals surface area contributed by atoms with Gasteiger partial charge in [-0.1, -0.05) is 44.2 Å². The lowest BCUT2D eigenvalue weighted by Gasteiger charge is -2.39. The second-order valence-corrected chi connectivity index (χ2v) is 9.55. The molecule has 0 bridgehead atoms. The van der Waals surface area contributed by atoms with E-state index in [-0.39, 0.29) is 16.7 Å². The van der Waals surface area contributed by atoms with Crippen LogP contribution >= 0.6 is 0 Å². The minimum atomic E-state index is -1.95. The number of esters is 1. The summed E-state index contributed by atoms with van der Waals surface area (Å²) in [5.74, 6) is -4.33. The third kappa shape index (κ3) is 5.45. The van der Waals surface area contributed by atoms with Gasteiger partial charge in [0.25, 0.3) is 5.91 Å². The Morgan fingerprint density at radius 2 is 1.65 bits per heavy atom. The Morgan fingerprint density at radius 1 is 0.975 bits per heavy atom. The maximum atomic E-state index is 12.9. The maximum absolute atomic E-state index is 12.9. The molecule has 0 spiro atoms. The molecular formula is C27H29NO12. The molecule has 1 fully saturated rings. The zero-order valence-corrected chi connectivity index (χ0v) is 21.7. The van der Waals surface area contributed by atoms with Crippen molar-refractivity contribution < 1.29 is 53.7 Å². The van der Waals surface area contributed by atoms with Crippen LogP contribution in [0.5, 0.6) is 17.2 Å². The van der Waals surface area contributed by atoms with Gasteiger partial charge in [0, 0.05) is 17.7 Å². The fraction of sp³-hybridized carbons (Fsp3) is 0.370. The number of nitrogens with one attached hydrogen (secondary N) is 1. The predicted molar refractivity (Wildman–Crippen MR) is 137 cm³/mol. The van der Waals surface area contributed by atoms with Crippen LogP contribution < -0.4 is 15.5 Å². The normalized spacial score (nSPS) is 23.5. The zero-order chi connectivity index (χ0) is 29.3. The average Bonchev–Trinajstić information content (AvgIpc) is 2.93. The van der Waals surface area contributed by atoms with Crippen LogP contribution in [0.25, 0.3) is 22.3 Å². The van der Waals surface area contributed by atoms with Gasteiger partial charge in [0.2, 0.25) is 12.0 Å². The lowest BCUT2D eigenvalue weighted by molar-refractivity contribution is -0.267. The van der Waals surface area contributed by atoms with Gasteiger partial charge in [-0.05, 0) is 5.92 Å². The van der Waals surface area contributed by atoms with Gasteiger partial charge in [0.1, 0.15) is 41.1 Å². The SMILES string of the molecule is COC(=O)[C@@H](NC(=O)[C@@H]1O[C@@H](Oc2cc3oc(-c4ccccc4)cc(=O)c3c(O)c2O)[C@H](O)[C@H](O)[C@@H]1O)C(C)C. The Balaban J connectivity index is 1.66. The van der Waals surface area contributed by atoms with Crippen LogP contribution in [0.4, 0.5) is 0 Å². The zero-order valence-electron chi connectivity index (χ0n) is 21.7. The molecule has 0 unspecified atom stereocenters. The van der Waals surface area contributed by atoms with Crippen molar-refractivity contribution in [3.63, 3.8) is 0 Å². The second-order valence-electron chi connectivity index (χ2n) is 9.55. The number of hydrogen-bond donors (Lipinski definition) is 6. The van der Waals surface area contributed by atoms with Crippen molar-refractivity contribution in [1.82, 2.24) is 5.32 Å². The fourth-order valence-electron chi connectivity index (χ4n) is 4.25. The molecule has 40 heavy (non-hydrogen) atoms. The van der Waals surface area contributed by atoms with Gasteiger partial charge >= 0.3 is 5.97 Å².